The molecule has 0 aliphatic carbocycles. The van der Waals surface area contributed by atoms with E-state index in [0.29, 0.717) is 0 Å². The SMILES string of the molecule is c1ccc(-n2c3cc(-c4ccc(N(c5ccc(-c6ccc7ccccc7c6)cc5)c5ccc6oc7ccccc7c6c5)cc4)ccc3c3ccc4ccccc4c32)cc1. The quantitative estimate of drug-likeness (QED) is 0.169. The number of nitrogens with zero attached hydrogens (tertiary/aromatic N) is 2. The summed E-state index contributed by atoms with van der Waals surface area (Å²) in [6, 6.07) is 78.8. The molecule has 3 heteroatoms. The summed E-state index contributed by atoms with van der Waals surface area (Å²) >= 11 is 0. The zero-order valence-electron chi connectivity index (χ0n) is 32.1. The van der Waals surface area contributed by atoms with E-state index in [1.165, 1.54) is 60.0 Å². The largest absolute Gasteiger partial charge is 0.456 e. The number of benzene rings is 10. The minimum absolute atomic E-state index is 0.883. The normalized spacial score (nSPS) is 11.7. The maximum Gasteiger partial charge on any atom is 0.135 e. The van der Waals surface area contributed by atoms with Gasteiger partial charge in [-0.15, -0.1) is 0 Å². The van der Waals surface area contributed by atoms with Crippen LogP contribution in [0.2, 0.25) is 0 Å². The fourth-order valence-corrected chi connectivity index (χ4v) is 9.08. The van der Waals surface area contributed by atoms with Crippen LogP contribution in [-0.4, -0.2) is 4.57 Å². The average Bonchev–Trinajstić information content (AvgIpc) is 3.85. The van der Waals surface area contributed by atoms with Gasteiger partial charge < -0.3 is 13.9 Å². The van der Waals surface area contributed by atoms with Crippen molar-refractivity contribution in [3.8, 4) is 27.9 Å². The zero-order valence-corrected chi connectivity index (χ0v) is 32.1. The molecule has 0 aliphatic rings. The van der Waals surface area contributed by atoms with Gasteiger partial charge in [0.2, 0.25) is 0 Å². The Labute approximate surface area is 341 Å². The Morgan fingerprint density at radius 3 is 1.66 bits per heavy atom. The maximum atomic E-state index is 6.25. The first kappa shape index (κ1) is 33.3. The second kappa shape index (κ2) is 13.4. The van der Waals surface area contributed by atoms with Crippen molar-refractivity contribution in [1.29, 1.82) is 0 Å². The number of fused-ring (bicyclic) bond motifs is 9. The van der Waals surface area contributed by atoms with Crippen molar-refractivity contribution >= 4 is 82.4 Å². The lowest BCUT2D eigenvalue weighted by Gasteiger charge is -2.26. The highest BCUT2D eigenvalue weighted by atomic mass is 16.3. The van der Waals surface area contributed by atoms with Gasteiger partial charge in [0.1, 0.15) is 11.2 Å². The van der Waals surface area contributed by atoms with E-state index in [9.17, 15) is 0 Å². The summed E-state index contributed by atoms with van der Waals surface area (Å²) in [5, 5.41) is 9.70. The Balaban J connectivity index is 0.978. The average molecular weight is 753 g/mol. The van der Waals surface area contributed by atoms with Crippen molar-refractivity contribution in [3.63, 3.8) is 0 Å². The van der Waals surface area contributed by atoms with Gasteiger partial charge in [0, 0.05) is 49.7 Å². The van der Waals surface area contributed by atoms with Crippen LogP contribution in [0.5, 0.6) is 0 Å². The summed E-state index contributed by atoms with van der Waals surface area (Å²) in [5.41, 5.74) is 13.3. The number of rotatable bonds is 6. The maximum absolute atomic E-state index is 6.25. The Hall–Kier alpha value is -7.88. The first-order valence-corrected chi connectivity index (χ1v) is 20.2. The second-order valence-corrected chi connectivity index (χ2v) is 15.4. The number of para-hydroxylation sites is 2. The summed E-state index contributed by atoms with van der Waals surface area (Å²) in [5.74, 6) is 0. The Morgan fingerprint density at radius 2 is 0.881 bits per heavy atom. The van der Waals surface area contributed by atoms with Crippen LogP contribution in [-0.2, 0) is 0 Å². The molecule has 0 N–H and O–H groups in total. The van der Waals surface area contributed by atoms with Crippen molar-refractivity contribution in [1.82, 2.24) is 4.57 Å². The van der Waals surface area contributed by atoms with E-state index < -0.39 is 0 Å². The molecule has 59 heavy (non-hydrogen) atoms. The third kappa shape index (κ3) is 5.51. The van der Waals surface area contributed by atoms with E-state index in [1.54, 1.807) is 0 Å². The number of hydrogen-bond donors (Lipinski definition) is 0. The molecule has 2 aromatic heterocycles. The summed E-state index contributed by atoms with van der Waals surface area (Å²) in [7, 11) is 0. The van der Waals surface area contributed by atoms with Gasteiger partial charge in [-0.3, -0.25) is 0 Å². The number of aromatic nitrogens is 1. The minimum atomic E-state index is 0.883. The van der Waals surface area contributed by atoms with Crippen molar-refractivity contribution < 1.29 is 4.42 Å². The highest BCUT2D eigenvalue weighted by Crippen LogP contribution is 2.42. The highest BCUT2D eigenvalue weighted by molar-refractivity contribution is 6.19. The molecule has 0 amide bonds. The smallest absolute Gasteiger partial charge is 0.135 e. The third-order valence-electron chi connectivity index (χ3n) is 12.0. The predicted molar refractivity (Wildman–Crippen MR) is 249 cm³/mol. The molecule has 12 rings (SSSR count). The van der Waals surface area contributed by atoms with Crippen LogP contribution >= 0.6 is 0 Å². The van der Waals surface area contributed by atoms with E-state index in [1.807, 2.05) is 12.1 Å². The summed E-state index contributed by atoms with van der Waals surface area (Å²) in [6.45, 7) is 0. The highest BCUT2D eigenvalue weighted by Gasteiger charge is 2.18. The van der Waals surface area contributed by atoms with Crippen molar-refractivity contribution in [3.05, 3.63) is 218 Å². The van der Waals surface area contributed by atoms with Gasteiger partial charge in [0.15, 0.2) is 0 Å². The molecule has 0 atom stereocenters. The molecule has 10 aromatic carbocycles. The zero-order chi connectivity index (χ0) is 38.9. The van der Waals surface area contributed by atoms with E-state index in [-0.39, 0.29) is 0 Å². The molecule has 12 aromatic rings. The van der Waals surface area contributed by atoms with Crippen molar-refractivity contribution in [2.24, 2.45) is 0 Å². The molecular formula is C56H36N2O. The lowest BCUT2D eigenvalue weighted by molar-refractivity contribution is 0.669. The fourth-order valence-electron chi connectivity index (χ4n) is 9.08. The van der Waals surface area contributed by atoms with E-state index >= 15 is 0 Å². The molecule has 0 aliphatic heterocycles. The monoisotopic (exact) mass is 752 g/mol. The molecular weight excluding hydrogens is 717 g/mol. The Morgan fingerprint density at radius 1 is 0.322 bits per heavy atom. The van der Waals surface area contributed by atoms with Gasteiger partial charge in [-0.05, 0) is 111 Å². The Bertz CT molecular complexity index is 3540. The molecule has 2 heterocycles. The van der Waals surface area contributed by atoms with Crippen LogP contribution in [0.3, 0.4) is 0 Å². The number of furan rings is 1. The van der Waals surface area contributed by atoms with Crippen LogP contribution in [0.15, 0.2) is 223 Å². The van der Waals surface area contributed by atoms with Crippen molar-refractivity contribution in [2.45, 2.75) is 0 Å². The molecule has 3 nitrogen and oxygen atoms in total. The van der Waals surface area contributed by atoms with Gasteiger partial charge in [-0.2, -0.15) is 0 Å². The fraction of sp³-hybridized carbons (Fsp3) is 0. The molecule has 0 bridgehead atoms. The molecule has 0 saturated carbocycles. The molecule has 0 radical (unpaired) electrons. The van der Waals surface area contributed by atoms with Gasteiger partial charge in [-0.1, -0.05) is 146 Å². The first-order chi connectivity index (χ1) is 29.2. The van der Waals surface area contributed by atoms with E-state index in [4.69, 9.17) is 4.42 Å². The lowest BCUT2D eigenvalue weighted by atomic mass is 10.0. The topological polar surface area (TPSA) is 21.3 Å². The standard InChI is InChI=1S/C56H36N2O/c1-2-13-44(14-3-1)58-53-35-43(25-31-49(53)51-32-24-40-11-6-7-15-48(40)56(51)58)39-22-28-46(29-23-39)57(47-30-33-55-52(36-47)50-16-8-9-17-54(50)59-55)45-26-20-38(21-27-45)42-19-18-37-10-4-5-12-41(37)34-42/h1-36H. The second-order valence-electron chi connectivity index (χ2n) is 15.4. The molecule has 0 spiro atoms. The van der Waals surface area contributed by atoms with Gasteiger partial charge in [0.05, 0.1) is 11.0 Å². The third-order valence-corrected chi connectivity index (χ3v) is 12.0. The van der Waals surface area contributed by atoms with Crippen LogP contribution in [0.25, 0.3) is 93.2 Å². The van der Waals surface area contributed by atoms with Crippen LogP contribution < -0.4 is 4.90 Å². The van der Waals surface area contributed by atoms with Crippen LogP contribution in [0.4, 0.5) is 17.1 Å². The molecule has 276 valence electrons. The molecule has 0 saturated heterocycles. The van der Waals surface area contributed by atoms with Gasteiger partial charge >= 0.3 is 0 Å². The number of anilines is 3. The van der Waals surface area contributed by atoms with E-state index in [2.05, 4.69) is 216 Å². The molecule has 0 fully saturated rings. The minimum Gasteiger partial charge on any atom is -0.456 e. The lowest BCUT2D eigenvalue weighted by Crippen LogP contribution is -2.09. The summed E-state index contributed by atoms with van der Waals surface area (Å²) in [4.78, 5) is 2.34. The van der Waals surface area contributed by atoms with Crippen LogP contribution in [0.1, 0.15) is 0 Å². The van der Waals surface area contributed by atoms with Crippen LogP contribution in [0, 0.1) is 0 Å². The van der Waals surface area contributed by atoms with Gasteiger partial charge in [-0.25, -0.2) is 0 Å². The molecule has 0 unspecified atom stereocenters. The predicted octanol–water partition coefficient (Wildman–Crippen LogP) is 15.8. The van der Waals surface area contributed by atoms with Crippen molar-refractivity contribution in [2.75, 3.05) is 4.90 Å². The summed E-state index contributed by atoms with van der Waals surface area (Å²) < 4.78 is 8.68. The van der Waals surface area contributed by atoms with E-state index in [0.717, 1.165) is 50.3 Å². The van der Waals surface area contributed by atoms with Gasteiger partial charge in [0.25, 0.3) is 0 Å². The Kier molecular flexibility index (Phi) is 7.54. The number of hydrogen-bond acceptors (Lipinski definition) is 2. The first-order valence-electron chi connectivity index (χ1n) is 20.2. The summed E-state index contributed by atoms with van der Waals surface area (Å²) in [6.07, 6.45) is 0.